The van der Waals surface area contributed by atoms with Gasteiger partial charge in [0.25, 0.3) is 0 Å². The van der Waals surface area contributed by atoms with E-state index >= 15 is 0 Å². The van der Waals surface area contributed by atoms with Gasteiger partial charge in [0.15, 0.2) is 0 Å². The van der Waals surface area contributed by atoms with Gasteiger partial charge in [0, 0.05) is 13.2 Å². The minimum atomic E-state index is 0.163. The minimum absolute atomic E-state index is 0.163. The van der Waals surface area contributed by atoms with E-state index in [1.165, 1.54) is 0 Å². The summed E-state index contributed by atoms with van der Waals surface area (Å²) < 4.78 is 17.1. The highest BCUT2D eigenvalue weighted by Gasteiger charge is 2.08. The molecule has 0 aliphatic rings. The van der Waals surface area contributed by atoms with Gasteiger partial charge < -0.3 is 14.2 Å². The SMILES string of the molecule is CCC(C)COC(C)COCC(C)OCC(C)CC. The van der Waals surface area contributed by atoms with Crippen molar-refractivity contribution >= 4 is 0 Å². The average molecular weight is 274 g/mol. The largest absolute Gasteiger partial charge is 0.376 e. The molecule has 3 heteroatoms. The van der Waals surface area contributed by atoms with Crippen molar-refractivity contribution in [3.63, 3.8) is 0 Å². The first-order valence-corrected chi connectivity index (χ1v) is 7.80. The summed E-state index contributed by atoms with van der Waals surface area (Å²) in [6, 6.07) is 0. The predicted molar refractivity (Wildman–Crippen MR) is 80.6 cm³/mol. The van der Waals surface area contributed by atoms with Crippen LogP contribution in [0.1, 0.15) is 54.4 Å². The summed E-state index contributed by atoms with van der Waals surface area (Å²) in [5, 5.41) is 0. The van der Waals surface area contributed by atoms with Crippen molar-refractivity contribution in [2.45, 2.75) is 66.6 Å². The van der Waals surface area contributed by atoms with E-state index in [9.17, 15) is 0 Å². The Morgan fingerprint density at radius 3 is 1.32 bits per heavy atom. The van der Waals surface area contributed by atoms with Crippen LogP contribution in [0.25, 0.3) is 0 Å². The topological polar surface area (TPSA) is 27.7 Å². The third-order valence-electron chi connectivity index (χ3n) is 3.43. The molecule has 0 amide bonds. The minimum Gasteiger partial charge on any atom is -0.376 e. The first kappa shape index (κ1) is 18.9. The Morgan fingerprint density at radius 1 is 0.632 bits per heavy atom. The second kappa shape index (κ2) is 11.7. The molecule has 0 radical (unpaired) electrons. The van der Waals surface area contributed by atoms with E-state index in [4.69, 9.17) is 14.2 Å². The van der Waals surface area contributed by atoms with Crippen molar-refractivity contribution in [2.75, 3.05) is 26.4 Å². The number of hydrogen-bond acceptors (Lipinski definition) is 3. The van der Waals surface area contributed by atoms with Gasteiger partial charge in [-0.05, 0) is 25.7 Å². The molecule has 0 spiro atoms. The van der Waals surface area contributed by atoms with E-state index in [2.05, 4.69) is 41.5 Å². The zero-order valence-corrected chi connectivity index (χ0v) is 13.8. The Labute approximate surface area is 120 Å². The molecule has 116 valence electrons. The highest BCUT2D eigenvalue weighted by atomic mass is 16.6. The van der Waals surface area contributed by atoms with Gasteiger partial charge in [-0.25, -0.2) is 0 Å². The van der Waals surface area contributed by atoms with Gasteiger partial charge in [-0.2, -0.15) is 0 Å². The molecule has 0 saturated carbocycles. The van der Waals surface area contributed by atoms with E-state index in [0.717, 1.165) is 26.1 Å². The normalized spacial score (nSPS) is 18.0. The summed E-state index contributed by atoms with van der Waals surface area (Å²) in [7, 11) is 0. The van der Waals surface area contributed by atoms with Crippen LogP contribution in [-0.4, -0.2) is 38.6 Å². The monoisotopic (exact) mass is 274 g/mol. The Hall–Kier alpha value is -0.120. The molecule has 0 aromatic rings. The molecule has 0 bridgehead atoms. The highest BCUT2D eigenvalue weighted by Crippen LogP contribution is 2.05. The fourth-order valence-corrected chi connectivity index (χ4v) is 1.39. The van der Waals surface area contributed by atoms with Crippen molar-refractivity contribution < 1.29 is 14.2 Å². The lowest BCUT2D eigenvalue weighted by Gasteiger charge is -2.19. The molecule has 0 aliphatic heterocycles. The molecular formula is C16H34O3. The predicted octanol–water partition coefficient (Wildman–Crippen LogP) is 3.91. The Bertz CT molecular complexity index is 176. The Balaban J connectivity index is 3.50. The molecule has 3 nitrogen and oxygen atoms in total. The van der Waals surface area contributed by atoms with Crippen molar-refractivity contribution in [1.82, 2.24) is 0 Å². The zero-order chi connectivity index (χ0) is 14.7. The molecule has 0 saturated heterocycles. The van der Waals surface area contributed by atoms with E-state index in [-0.39, 0.29) is 12.2 Å². The quantitative estimate of drug-likeness (QED) is 0.540. The molecule has 19 heavy (non-hydrogen) atoms. The molecule has 0 heterocycles. The fraction of sp³-hybridized carbons (Fsp3) is 1.00. The first-order valence-electron chi connectivity index (χ1n) is 7.80. The third-order valence-corrected chi connectivity index (χ3v) is 3.43. The highest BCUT2D eigenvalue weighted by molar-refractivity contribution is 4.55. The van der Waals surface area contributed by atoms with Crippen LogP contribution in [0, 0.1) is 11.8 Å². The number of ether oxygens (including phenoxy) is 3. The average Bonchev–Trinajstić information content (AvgIpc) is 2.41. The van der Waals surface area contributed by atoms with E-state index in [1.807, 2.05) is 0 Å². The van der Waals surface area contributed by atoms with Crippen molar-refractivity contribution in [3.8, 4) is 0 Å². The molecule has 0 fully saturated rings. The van der Waals surface area contributed by atoms with Crippen LogP contribution in [0.3, 0.4) is 0 Å². The number of hydrogen-bond donors (Lipinski definition) is 0. The van der Waals surface area contributed by atoms with Crippen LogP contribution in [0.5, 0.6) is 0 Å². The molecule has 0 aliphatic carbocycles. The second-order valence-corrected chi connectivity index (χ2v) is 5.85. The van der Waals surface area contributed by atoms with Crippen molar-refractivity contribution in [1.29, 1.82) is 0 Å². The third kappa shape index (κ3) is 11.4. The van der Waals surface area contributed by atoms with Crippen LogP contribution in [0.4, 0.5) is 0 Å². The second-order valence-electron chi connectivity index (χ2n) is 5.85. The molecule has 0 aromatic carbocycles. The molecule has 0 aromatic heterocycles. The van der Waals surface area contributed by atoms with Gasteiger partial charge in [0.1, 0.15) is 0 Å². The van der Waals surface area contributed by atoms with Gasteiger partial charge in [-0.15, -0.1) is 0 Å². The lowest BCUT2D eigenvalue weighted by atomic mass is 10.1. The maximum atomic E-state index is 5.73. The molecule has 0 rings (SSSR count). The summed E-state index contributed by atoms with van der Waals surface area (Å²) in [4.78, 5) is 0. The lowest BCUT2D eigenvalue weighted by Crippen LogP contribution is -2.24. The van der Waals surface area contributed by atoms with Gasteiger partial charge in [0.05, 0.1) is 25.4 Å². The lowest BCUT2D eigenvalue weighted by molar-refractivity contribution is -0.0564. The van der Waals surface area contributed by atoms with Crippen LogP contribution in [-0.2, 0) is 14.2 Å². The zero-order valence-electron chi connectivity index (χ0n) is 13.8. The first-order chi connectivity index (χ1) is 8.99. The summed E-state index contributed by atoms with van der Waals surface area (Å²) in [5.41, 5.74) is 0. The molecule has 0 N–H and O–H groups in total. The van der Waals surface area contributed by atoms with Crippen LogP contribution in [0.2, 0.25) is 0 Å². The Kier molecular flexibility index (Phi) is 11.6. The molecular weight excluding hydrogens is 240 g/mol. The summed E-state index contributed by atoms with van der Waals surface area (Å²) in [6.07, 6.45) is 2.65. The van der Waals surface area contributed by atoms with Crippen LogP contribution in [0.15, 0.2) is 0 Å². The van der Waals surface area contributed by atoms with Gasteiger partial charge in [0.2, 0.25) is 0 Å². The van der Waals surface area contributed by atoms with Gasteiger partial charge in [-0.3, -0.25) is 0 Å². The van der Waals surface area contributed by atoms with Gasteiger partial charge >= 0.3 is 0 Å². The maximum Gasteiger partial charge on any atom is 0.0780 e. The van der Waals surface area contributed by atoms with Crippen LogP contribution >= 0.6 is 0 Å². The fourth-order valence-electron chi connectivity index (χ4n) is 1.39. The van der Waals surface area contributed by atoms with Crippen LogP contribution < -0.4 is 0 Å². The smallest absolute Gasteiger partial charge is 0.0780 e. The Morgan fingerprint density at radius 2 is 1.00 bits per heavy atom. The summed E-state index contributed by atoms with van der Waals surface area (Å²) in [6.45, 7) is 15.8. The molecule has 4 unspecified atom stereocenters. The van der Waals surface area contributed by atoms with Crippen molar-refractivity contribution in [2.24, 2.45) is 11.8 Å². The molecule has 4 atom stereocenters. The van der Waals surface area contributed by atoms with E-state index in [0.29, 0.717) is 25.0 Å². The van der Waals surface area contributed by atoms with E-state index in [1.54, 1.807) is 0 Å². The van der Waals surface area contributed by atoms with E-state index < -0.39 is 0 Å². The van der Waals surface area contributed by atoms with Gasteiger partial charge in [-0.1, -0.05) is 40.5 Å². The standard InChI is InChI=1S/C16H34O3/c1-7-13(3)9-18-15(5)11-17-12-16(6)19-10-14(4)8-2/h13-16H,7-12H2,1-6H3. The summed E-state index contributed by atoms with van der Waals surface area (Å²) in [5.74, 6) is 1.25. The van der Waals surface area contributed by atoms with Crippen molar-refractivity contribution in [3.05, 3.63) is 0 Å². The number of rotatable bonds is 12. The maximum absolute atomic E-state index is 5.73. The summed E-state index contributed by atoms with van der Waals surface area (Å²) >= 11 is 0.